The molecule has 1 fully saturated rings. The Balaban J connectivity index is 1.63. The maximum absolute atomic E-state index is 13.4. The Labute approximate surface area is 254 Å². The van der Waals surface area contributed by atoms with Crippen LogP contribution < -0.4 is 14.8 Å². The molecule has 3 aliphatic rings. The van der Waals surface area contributed by atoms with Gasteiger partial charge in [0.25, 0.3) is 5.91 Å². The highest BCUT2D eigenvalue weighted by molar-refractivity contribution is 7.91. The molecule has 8 nitrogen and oxygen atoms in total. The van der Waals surface area contributed by atoms with Crippen LogP contribution in [0.25, 0.3) is 0 Å². The lowest BCUT2D eigenvalue weighted by Crippen LogP contribution is -2.43. The zero-order valence-electron chi connectivity index (χ0n) is 24.7. The van der Waals surface area contributed by atoms with Crippen LogP contribution in [0.5, 0.6) is 5.75 Å². The van der Waals surface area contributed by atoms with Gasteiger partial charge in [-0.3, -0.25) is 4.79 Å². The van der Waals surface area contributed by atoms with Crippen molar-refractivity contribution in [3.63, 3.8) is 0 Å². The van der Waals surface area contributed by atoms with Crippen molar-refractivity contribution >= 4 is 33.1 Å². The van der Waals surface area contributed by atoms with Gasteiger partial charge in [0.15, 0.2) is 0 Å². The molecule has 2 aromatic carbocycles. The predicted molar refractivity (Wildman–Crippen MR) is 167 cm³/mol. The maximum Gasteiger partial charge on any atom is 0.286 e. The Morgan fingerprint density at radius 3 is 2.57 bits per heavy atom. The van der Waals surface area contributed by atoms with Gasteiger partial charge in [-0.2, -0.15) is 0 Å². The van der Waals surface area contributed by atoms with Crippen molar-refractivity contribution in [2.24, 2.45) is 27.3 Å². The summed E-state index contributed by atoms with van der Waals surface area (Å²) in [6.07, 6.45) is 8.52. The molecule has 1 saturated carbocycles. The van der Waals surface area contributed by atoms with Gasteiger partial charge in [0, 0.05) is 37.9 Å². The van der Waals surface area contributed by atoms with Gasteiger partial charge in [0.1, 0.15) is 15.7 Å². The number of ether oxygens (including phenoxy) is 3. The first-order valence-corrected chi connectivity index (χ1v) is 16.9. The normalized spacial score (nSPS) is 31.3. The van der Waals surface area contributed by atoms with E-state index in [2.05, 4.69) is 27.5 Å². The van der Waals surface area contributed by atoms with E-state index in [1.165, 1.54) is 11.1 Å². The first-order valence-electron chi connectivity index (χ1n) is 14.8. The van der Waals surface area contributed by atoms with Crippen molar-refractivity contribution in [1.82, 2.24) is 0 Å². The number of fused-ring (bicyclic) bond motifs is 3. The zero-order valence-corrected chi connectivity index (χ0v) is 26.2. The van der Waals surface area contributed by atoms with E-state index in [0.29, 0.717) is 36.3 Å². The molecule has 2 bridgehead atoms. The fraction of sp³-hybridized carbons (Fsp3) is 0.531. The second-order valence-corrected chi connectivity index (χ2v) is 14.1. The summed E-state index contributed by atoms with van der Waals surface area (Å²) in [4.78, 5) is 15.7. The summed E-state index contributed by atoms with van der Waals surface area (Å²) in [7, 11) is 0.0467. The molecule has 1 unspecified atom stereocenters. The molecular weight excluding hydrogens is 574 g/mol. The number of methoxy groups -OCH3 is 2. The van der Waals surface area contributed by atoms with Gasteiger partial charge in [0.05, 0.1) is 30.3 Å². The largest absolute Gasteiger partial charge is 0.491 e. The second kappa shape index (κ2) is 13.5. The number of carbonyl (C=O) groups excluding carboxylic acids is 1. The van der Waals surface area contributed by atoms with Crippen LogP contribution in [0, 0.1) is 17.8 Å². The van der Waals surface area contributed by atoms with Crippen LogP contribution in [0.1, 0.15) is 54.1 Å². The van der Waals surface area contributed by atoms with Crippen molar-refractivity contribution in [2.45, 2.75) is 57.8 Å². The van der Waals surface area contributed by atoms with Crippen LogP contribution in [-0.4, -0.2) is 55.4 Å². The smallest absolute Gasteiger partial charge is 0.286 e. The molecule has 2 aliphatic heterocycles. The van der Waals surface area contributed by atoms with Crippen molar-refractivity contribution < 1.29 is 23.2 Å². The highest BCUT2D eigenvalue weighted by atomic mass is 35.5. The fourth-order valence-electron chi connectivity index (χ4n) is 6.41. The first-order chi connectivity index (χ1) is 20.2. The molecule has 0 saturated heterocycles. The minimum absolute atomic E-state index is 0.0187. The molecule has 1 amide bonds. The summed E-state index contributed by atoms with van der Waals surface area (Å²) in [5, 5.41) is 6.87. The van der Waals surface area contributed by atoms with Crippen molar-refractivity contribution in [3.8, 4) is 5.75 Å². The monoisotopic (exact) mass is 615 g/mol. The van der Waals surface area contributed by atoms with Crippen LogP contribution >= 0.6 is 11.6 Å². The third kappa shape index (κ3) is 7.19. The van der Waals surface area contributed by atoms with Gasteiger partial charge in [-0.1, -0.05) is 36.7 Å². The summed E-state index contributed by atoms with van der Waals surface area (Å²) in [6.45, 7) is 3.85. The average molecular weight is 616 g/mol. The van der Waals surface area contributed by atoms with Gasteiger partial charge in [-0.15, -0.1) is 4.36 Å². The number of hydrogen-bond acceptors (Lipinski definition) is 6. The number of carbonyl (C=O) groups is 1. The third-order valence-corrected chi connectivity index (χ3v) is 10.6. The van der Waals surface area contributed by atoms with E-state index in [1.54, 1.807) is 20.3 Å². The molecule has 42 heavy (non-hydrogen) atoms. The fourth-order valence-corrected chi connectivity index (χ4v) is 8.01. The molecule has 0 radical (unpaired) electrons. The number of amides is 1. The Morgan fingerprint density at radius 2 is 1.83 bits per heavy atom. The number of benzene rings is 2. The lowest BCUT2D eigenvalue weighted by atomic mass is 9.70. The van der Waals surface area contributed by atoms with Gasteiger partial charge >= 0.3 is 0 Å². The van der Waals surface area contributed by atoms with Gasteiger partial charge in [-0.05, 0) is 91.3 Å². The lowest BCUT2D eigenvalue weighted by Gasteiger charge is -2.43. The molecular formula is C32H42ClN3O5S. The topological polar surface area (TPSA) is 103 Å². The van der Waals surface area contributed by atoms with Crippen LogP contribution in [0.3, 0.4) is 0 Å². The summed E-state index contributed by atoms with van der Waals surface area (Å²) in [6, 6.07) is 11.4. The molecule has 0 aromatic heterocycles. The standard InChI is InChI=1S/C32H42ClN3O5S/c1-21-20-42(34,38)35-32(37)23-9-12-31-28(17-23)36(18-24-7-10-26(33)16-22(24)6-4-5-15-41-31)19-25-8-11-27(25)30(40-3)14-13-29(21)39-2/h7,9-10,12-14,16-17,21,25,27,29-30H,4-6,8,11,15,18-20H2,1-3H3,(H2,34,35,37,38)/b14-13+/t21-,25+,27-,29+,30+,42?/m1/s1. The van der Waals surface area contributed by atoms with Crippen LogP contribution in [-0.2, 0) is 32.4 Å². The van der Waals surface area contributed by atoms with E-state index in [0.717, 1.165) is 49.4 Å². The number of anilines is 1. The Morgan fingerprint density at radius 1 is 1.05 bits per heavy atom. The van der Waals surface area contributed by atoms with E-state index in [1.807, 2.05) is 31.2 Å². The molecule has 5 rings (SSSR count). The van der Waals surface area contributed by atoms with Crippen LogP contribution in [0.4, 0.5) is 5.69 Å². The van der Waals surface area contributed by atoms with Gasteiger partial charge in [0.2, 0.25) is 0 Å². The predicted octanol–water partition coefficient (Wildman–Crippen LogP) is 5.81. The number of hydrogen-bond donors (Lipinski definition) is 1. The molecule has 228 valence electrons. The molecule has 10 heteroatoms. The van der Waals surface area contributed by atoms with E-state index >= 15 is 0 Å². The first kappa shape index (κ1) is 31.0. The molecule has 2 heterocycles. The number of aryl methyl sites for hydroxylation is 1. The zero-order chi connectivity index (χ0) is 29.9. The quantitative estimate of drug-likeness (QED) is 0.428. The average Bonchev–Trinajstić information content (AvgIpc) is 2.96. The van der Waals surface area contributed by atoms with E-state index in [9.17, 15) is 9.00 Å². The Hall–Kier alpha value is -2.43. The highest BCUT2D eigenvalue weighted by Gasteiger charge is 2.38. The number of halogens is 1. The van der Waals surface area contributed by atoms with Gasteiger partial charge in [-0.25, -0.2) is 9.35 Å². The highest BCUT2D eigenvalue weighted by Crippen LogP contribution is 2.42. The maximum atomic E-state index is 13.4. The third-order valence-electron chi connectivity index (χ3n) is 8.86. The minimum Gasteiger partial charge on any atom is -0.491 e. The number of nitrogens with zero attached hydrogens (tertiary/aromatic N) is 2. The molecule has 6 atom stereocenters. The summed E-state index contributed by atoms with van der Waals surface area (Å²) in [5.41, 5.74) is 3.57. The molecule has 2 N–H and O–H groups in total. The van der Waals surface area contributed by atoms with Gasteiger partial charge < -0.3 is 19.1 Å². The molecule has 1 aliphatic carbocycles. The Kier molecular flexibility index (Phi) is 9.95. The van der Waals surface area contributed by atoms with Crippen LogP contribution in [0.15, 0.2) is 52.9 Å². The number of nitrogens with two attached hydrogens (primary N) is 1. The number of rotatable bonds is 2. The van der Waals surface area contributed by atoms with Crippen molar-refractivity contribution in [1.29, 1.82) is 0 Å². The Bertz CT molecular complexity index is 1440. The van der Waals surface area contributed by atoms with Crippen molar-refractivity contribution in [3.05, 3.63) is 70.3 Å². The molecule has 0 spiro atoms. The minimum atomic E-state index is -3.31. The second-order valence-electron chi connectivity index (χ2n) is 11.8. The SMILES string of the molecule is CO[C@H]1/C=C/[C@H](OC)[C@H](C)CS(N)(=O)=NC(=O)c2ccc3c(c2)N(Cc2ccc(Cl)cc2CCCCO3)C[C@@H]2CC[C@H]21. The van der Waals surface area contributed by atoms with E-state index < -0.39 is 15.8 Å². The summed E-state index contributed by atoms with van der Waals surface area (Å²) < 4.78 is 35.4. The van der Waals surface area contributed by atoms with Crippen molar-refractivity contribution in [2.75, 3.05) is 38.0 Å². The van der Waals surface area contributed by atoms with E-state index in [-0.39, 0.29) is 23.9 Å². The van der Waals surface area contributed by atoms with E-state index in [4.69, 9.17) is 31.0 Å². The molecule has 2 aromatic rings. The van der Waals surface area contributed by atoms with Crippen LogP contribution in [0.2, 0.25) is 5.02 Å². The summed E-state index contributed by atoms with van der Waals surface area (Å²) >= 11 is 6.41. The summed E-state index contributed by atoms with van der Waals surface area (Å²) in [5.74, 6) is 0.591. The lowest BCUT2D eigenvalue weighted by molar-refractivity contribution is 0.0122.